The van der Waals surface area contributed by atoms with Gasteiger partial charge in [-0.2, -0.15) is 11.1 Å². The summed E-state index contributed by atoms with van der Waals surface area (Å²) in [7, 11) is -3.63. The van der Waals surface area contributed by atoms with Crippen LogP contribution in [0.2, 0.25) is 5.04 Å². The van der Waals surface area contributed by atoms with Gasteiger partial charge in [-0.15, -0.1) is 6.92 Å². The minimum Gasteiger partial charge on any atom is -1.00 e. The zero-order valence-corrected chi connectivity index (χ0v) is 50.5. The summed E-state index contributed by atoms with van der Waals surface area (Å²) in [5, 5.41) is 4.12. The Bertz CT molecular complexity index is 3120. The molecule has 1 aliphatic rings. The van der Waals surface area contributed by atoms with Gasteiger partial charge in [0, 0.05) is 0 Å². The van der Waals surface area contributed by atoms with Crippen molar-refractivity contribution < 1.29 is 58.9 Å². The molecule has 5 heteroatoms. The normalized spacial score (nSPS) is 13.9. The van der Waals surface area contributed by atoms with Crippen molar-refractivity contribution in [1.29, 1.82) is 0 Å². The van der Waals surface area contributed by atoms with Gasteiger partial charge in [-0.3, -0.25) is 6.08 Å². The fraction of sp³-hybridized carbons (Fsp3) is 0.194. The van der Waals surface area contributed by atoms with Crippen LogP contribution in [0.5, 0.6) is 0 Å². The third-order valence-electron chi connectivity index (χ3n) is 16.6. The quantitative estimate of drug-likeness (QED) is 0.0590. The maximum Gasteiger partial charge on any atom is 4.00 e. The van der Waals surface area contributed by atoms with Crippen molar-refractivity contribution in [1.82, 2.24) is 0 Å². The first-order valence-corrected chi connectivity index (χ1v) is 28.4. The Morgan fingerprint density at radius 2 is 0.519 bits per heavy atom. The van der Waals surface area contributed by atoms with Crippen molar-refractivity contribution >= 4 is 23.6 Å². The SMILES string of the molecule is CC1=[C-]C(C)([Si](c2c(Cc3ccccc3)ccc(Cc3ccccc3)c2C)(c2c(Cc3ccccc3)ccc(Cc3ccccc3)c2C)c2c(Cc3ccccc3)ccc(Cc3ccccc3)c2C)C(C)=C1C.[Cl-].[Cl-].[Cl-].[Ti+4]. The molecule has 0 nitrogen and oxygen atoms in total. The molecule has 1 unspecified atom stereocenters. The molecule has 77 heavy (non-hydrogen) atoms. The van der Waals surface area contributed by atoms with E-state index >= 15 is 0 Å². The van der Waals surface area contributed by atoms with Crippen molar-refractivity contribution in [3.8, 4) is 0 Å². The standard InChI is InChI=1S/C72H69Si.3ClH.Ti/c1-51-50-72(7,56(6)52(51)2)73(69-53(3)63(44-57-26-14-8-15-27-57)38-41-66(69)47-60-32-20-11-21-33-60,70-54(4)64(45-58-28-16-9-17-29-58)39-42-67(70)48-61-34-22-12-23-35-61)71-55(5)65(46-59-30-18-10-19-31-59)40-43-68(71)49-62-36-24-13-25-37-62;;;;/h8-43H,44-49H2,1-7H3;3*1H;/q-1;;;;+4/p-3. The van der Waals surface area contributed by atoms with E-state index in [0.29, 0.717) is 0 Å². The number of benzene rings is 9. The zero-order chi connectivity index (χ0) is 50.5. The Kier molecular flexibility index (Phi) is 21.0. The number of rotatable bonds is 16. The van der Waals surface area contributed by atoms with Crippen LogP contribution in [0.3, 0.4) is 0 Å². The van der Waals surface area contributed by atoms with Gasteiger partial charge in [0.25, 0.3) is 0 Å². The summed E-state index contributed by atoms with van der Waals surface area (Å²) in [5.74, 6) is 0. The van der Waals surface area contributed by atoms with Crippen LogP contribution >= 0.6 is 0 Å². The van der Waals surface area contributed by atoms with E-state index in [1.165, 1.54) is 100 Å². The second-order valence-electron chi connectivity index (χ2n) is 21.0. The van der Waals surface area contributed by atoms with Gasteiger partial charge in [0.05, 0.1) is 0 Å². The van der Waals surface area contributed by atoms with E-state index < -0.39 is 13.1 Å². The topological polar surface area (TPSA) is 0 Å². The molecule has 9 aromatic rings. The van der Waals surface area contributed by atoms with Crippen LogP contribution < -0.4 is 52.8 Å². The fourth-order valence-corrected chi connectivity index (χ4v) is 20.1. The first kappa shape index (κ1) is 60.5. The largest absolute Gasteiger partial charge is 4.00 e. The summed E-state index contributed by atoms with van der Waals surface area (Å²) >= 11 is 0. The molecule has 1 atom stereocenters. The van der Waals surface area contributed by atoms with Gasteiger partial charge in [0.2, 0.25) is 0 Å². The molecule has 0 radical (unpaired) electrons. The molecule has 0 fully saturated rings. The molecule has 0 saturated heterocycles. The smallest absolute Gasteiger partial charge is 1.00 e. The molecule has 386 valence electrons. The summed E-state index contributed by atoms with van der Waals surface area (Å²) in [4.78, 5) is 0. The molecule has 1 aliphatic carbocycles. The molecule has 0 N–H and O–H groups in total. The van der Waals surface area contributed by atoms with Crippen molar-refractivity contribution in [2.45, 2.75) is 92.0 Å². The van der Waals surface area contributed by atoms with E-state index in [0.717, 1.165) is 38.5 Å². The zero-order valence-electron chi connectivity index (χ0n) is 45.7. The Labute approximate surface area is 495 Å². The van der Waals surface area contributed by atoms with Gasteiger partial charge >= 0.3 is 21.7 Å². The molecule has 0 saturated carbocycles. The molecule has 0 spiro atoms. The summed E-state index contributed by atoms with van der Waals surface area (Å²) in [6.45, 7) is 17.3. The van der Waals surface area contributed by atoms with E-state index in [2.05, 4.69) is 273 Å². The Hall–Kier alpha value is -5.74. The van der Waals surface area contributed by atoms with Crippen LogP contribution in [-0.2, 0) is 60.2 Å². The van der Waals surface area contributed by atoms with Crippen LogP contribution in [0.1, 0.15) is 111 Å². The Morgan fingerprint density at radius 3 is 0.727 bits per heavy atom. The van der Waals surface area contributed by atoms with Crippen molar-refractivity contribution in [3.63, 3.8) is 0 Å². The van der Waals surface area contributed by atoms with E-state index in [1.807, 2.05) is 0 Å². The molecule has 10 rings (SSSR count). The Balaban J connectivity index is 0.00000240. The summed E-state index contributed by atoms with van der Waals surface area (Å²) in [5.41, 5.74) is 24.7. The van der Waals surface area contributed by atoms with E-state index in [4.69, 9.17) is 0 Å². The van der Waals surface area contributed by atoms with E-state index in [-0.39, 0.29) is 58.9 Å². The summed E-state index contributed by atoms with van der Waals surface area (Å²) in [6.07, 6.45) is 9.57. The third kappa shape index (κ3) is 12.3. The second-order valence-corrected chi connectivity index (χ2v) is 25.0. The van der Waals surface area contributed by atoms with Gasteiger partial charge in [0.15, 0.2) is 0 Å². The van der Waals surface area contributed by atoms with Gasteiger partial charge in [-0.25, -0.2) is 5.57 Å². The predicted octanol–water partition coefficient (Wildman–Crippen LogP) is 6.50. The maximum atomic E-state index is 4.53. The number of hydrogen-bond acceptors (Lipinski definition) is 0. The average Bonchev–Trinajstić information content (AvgIpc) is 3.76. The van der Waals surface area contributed by atoms with Gasteiger partial charge in [0.1, 0.15) is 8.07 Å². The van der Waals surface area contributed by atoms with Crippen molar-refractivity contribution in [2.24, 2.45) is 0 Å². The number of allylic oxidation sites excluding steroid dienone is 4. The second kappa shape index (κ2) is 26.7. The molecule has 0 aromatic heterocycles. The van der Waals surface area contributed by atoms with Crippen LogP contribution in [0.25, 0.3) is 0 Å². The molecular formula is C72H69Cl3SiTi. The van der Waals surface area contributed by atoms with Gasteiger partial charge < -0.3 is 37.2 Å². The van der Waals surface area contributed by atoms with Crippen LogP contribution in [-0.4, -0.2) is 8.07 Å². The van der Waals surface area contributed by atoms with Crippen LogP contribution in [0.4, 0.5) is 0 Å². The monoisotopic (exact) mass is 1110 g/mol. The average molecular weight is 1120 g/mol. The predicted molar refractivity (Wildman–Crippen MR) is 313 cm³/mol. The minimum absolute atomic E-state index is 0. The first-order chi connectivity index (χ1) is 35.5. The minimum atomic E-state index is -3.63. The van der Waals surface area contributed by atoms with E-state index in [9.17, 15) is 0 Å². The molecule has 0 bridgehead atoms. The fourth-order valence-electron chi connectivity index (χ4n) is 12.6. The molecule has 0 amide bonds. The maximum absolute atomic E-state index is 4.53. The molecule has 0 heterocycles. The van der Waals surface area contributed by atoms with Gasteiger partial charge in [-0.05, 0) is 158 Å². The molecule has 9 aromatic carbocycles. The van der Waals surface area contributed by atoms with Crippen molar-refractivity contribution in [2.75, 3.05) is 0 Å². The molecular weight excluding hydrogens is 1050 g/mol. The van der Waals surface area contributed by atoms with Crippen molar-refractivity contribution in [3.05, 3.63) is 325 Å². The number of halogens is 3. The Morgan fingerprint density at radius 1 is 0.312 bits per heavy atom. The van der Waals surface area contributed by atoms with E-state index in [1.54, 1.807) is 15.6 Å². The van der Waals surface area contributed by atoms with Gasteiger partial charge in [-0.1, -0.05) is 244 Å². The summed E-state index contributed by atoms with van der Waals surface area (Å²) in [6, 6.07) is 82.3. The first-order valence-electron chi connectivity index (χ1n) is 26.4. The summed E-state index contributed by atoms with van der Waals surface area (Å²) < 4.78 is 0. The third-order valence-corrected chi connectivity index (χ3v) is 22.9. The molecule has 0 aliphatic heterocycles. The number of hydrogen-bond donors (Lipinski definition) is 0. The van der Waals surface area contributed by atoms with Crippen LogP contribution in [0, 0.1) is 26.8 Å². The van der Waals surface area contributed by atoms with Crippen LogP contribution in [0.15, 0.2) is 235 Å².